The second-order valence-electron chi connectivity index (χ2n) is 7.60. The highest BCUT2D eigenvalue weighted by Crippen LogP contribution is 2.40. The Bertz CT molecular complexity index is 935. The minimum Gasteiger partial charge on any atom is -0.368 e. The lowest BCUT2D eigenvalue weighted by Crippen LogP contribution is -2.35. The van der Waals surface area contributed by atoms with E-state index in [0.717, 1.165) is 61.6 Å². The van der Waals surface area contributed by atoms with Gasteiger partial charge in [0.05, 0.1) is 17.1 Å². The van der Waals surface area contributed by atoms with Crippen LogP contribution in [0.15, 0.2) is 6.20 Å². The van der Waals surface area contributed by atoms with E-state index in [1.807, 2.05) is 0 Å². The summed E-state index contributed by atoms with van der Waals surface area (Å²) in [4.78, 5) is 4.41. The molecule has 2 aromatic heterocycles. The Balaban J connectivity index is 1.46. The van der Waals surface area contributed by atoms with Gasteiger partial charge in [0.15, 0.2) is 5.65 Å². The molecule has 134 valence electrons. The van der Waals surface area contributed by atoms with Gasteiger partial charge in [0.2, 0.25) is 10.0 Å². The number of anilines is 1. The molecule has 0 bridgehead atoms. The normalized spacial score (nSPS) is 29.1. The number of hydrogen-bond donors (Lipinski definition) is 2. The maximum absolute atomic E-state index is 12.3. The molecule has 2 N–H and O–H groups in total. The minimum atomic E-state index is -3.15. The van der Waals surface area contributed by atoms with E-state index in [1.165, 1.54) is 0 Å². The fourth-order valence-electron chi connectivity index (χ4n) is 4.30. The molecule has 0 aromatic carbocycles. The first-order valence-electron chi connectivity index (χ1n) is 9.01. The van der Waals surface area contributed by atoms with Crippen LogP contribution in [0, 0.1) is 5.92 Å². The number of nitrogens with one attached hydrogen (secondary N) is 2. The molecule has 0 unspecified atom stereocenters. The van der Waals surface area contributed by atoms with E-state index < -0.39 is 10.0 Å². The number of aromatic nitrogens is 4. The maximum atomic E-state index is 12.3. The fourth-order valence-corrected chi connectivity index (χ4v) is 5.91. The van der Waals surface area contributed by atoms with Gasteiger partial charge in [-0.1, -0.05) is 6.92 Å². The van der Waals surface area contributed by atoms with Crippen molar-refractivity contribution in [1.29, 1.82) is 0 Å². The lowest BCUT2D eigenvalue weighted by atomic mass is 9.97. The highest BCUT2D eigenvalue weighted by atomic mass is 32.2. The van der Waals surface area contributed by atoms with Crippen LogP contribution < -0.4 is 10.0 Å². The molecule has 3 heterocycles. The summed E-state index contributed by atoms with van der Waals surface area (Å²) in [7, 11) is -3.15. The van der Waals surface area contributed by atoms with Crippen molar-refractivity contribution in [1.82, 2.24) is 24.3 Å². The quantitative estimate of drug-likeness (QED) is 0.843. The lowest BCUT2D eigenvalue weighted by molar-refractivity contribution is 0.503. The molecule has 3 atom stereocenters. The third kappa shape index (κ3) is 2.52. The first-order chi connectivity index (χ1) is 12.0. The van der Waals surface area contributed by atoms with Crippen molar-refractivity contribution < 1.29 is 8.42 Å². The summed E-state index contributed by atoms with van der Waals surface area (Å²) in [5.74, 6) is 2.41. The highest BCUT2D eigenvalue weighted by Gasteiger charge is 2.41. The molecule has 8 nitrogen and oxygen atoms in total. The fraction of sp³-hybridized carbons (Fsp3) is 0.688. The van der Waals surface area contributed by atoms with E-state index >= 15 is 0 Å². The summed E-state index contributed by atoms with van der Waals surface area (Å²) in [6, 6.07) is -0.00837. The van der Waals surface area contributed by atoms with Gasteiger partial charge in [-0.15, -0.1) is 10.2 Å². The van der Waals surface area contributed by atoms with Crippen LogP contribution in [-0.2, 0) is 16.4 Å². The van der Waals surface area contributed by atoms with E-state index in [9.17, 15) is 8.42 Å². The largest absolute Gasteiger partial charge is 0.368 e. The van der Waals surface area contributed by atoms with Crippen LogP contribution >= 0.6 is 0 Å². The third-order valence-electron chi connectivity index (χ3n) is 5.73. The summed E-state index contributed by atoms with van der Waals surface area (Å²) in [6.45, 7) is 3.06. The first-order valence-corrected chi connectivity index (χ1v) is 10.6. The van der Waals surface area contributed by atoms with Crippen molar-refractivity contribution in [3.05, 3.63) is 17.7 Å². The van der Waals surface area contributed by atoms with Gasteiger partial charge in [-0.05, 0) is 31.6 Å². The highest BCUT2D eigenvalue weighted by molar-refractivity contribution is 7.90. The van der Waals surface area contributed by atoms with Gasteiger partial charge in [-0.3, -0.25) is 4.40 Å². The van der Waals surface area contributed by atoms with Crippen molar-refractivity contribution in [2.24, 2.45) is 5.92 Å². The molecule has 0 spiro atoms. The van der Waals surface area contributed by atoms with Crippen LogP contribution in [0.1, 0.15) is 50.0 Å². The average molecular weight is 362 g/mol. The van der Waals surface area contributed by atoms with Crippen LogP contribution in [0.4, 0.5) is 5.82 Å². The first kappa shape index (κ1) is 15.5. The van der Waals surface area contributed by atoms with Crippen molar-refractivity contribution >= 4 is 21.5 Å². The molecule has 9 heteroatoms. The van der Waals surface area contributed by atoms with Crippen LogP contribution in [0.5, 0.6) is 0 Å². The monoisotopic (exact) mass is 362 g/mol. The predicted molar refractivity (Wildman–Crippen MR) is 93.0 cm³/mol. The summed E-state index contributed by atoms with van der Waals surface area (Å²) in [6.07, 6.45) is 5.86. The Hall–Kier alpha value is -1.74. The van der Waals surface area contributed by atoms with Gasteiger partial charge < -0.3 is 5.32 Å². The molecule has 3 aliphatic rings. The molecule has 2 aromatic rings. The van der Waals surface area contributed by atoms with Gasteiger partial charge in [0.25, 0.3) is 0 Å². The molecule has 0 amide bonds. The summed E-state index contributed by atoms with van der Waals surface area (Å²) < 4.78 is 29.6. The summed E-state index contributed by atoms with van der Waals surface area (Å²) in [5.41, 5.74) is 1.90. The molecule has 5 rings (SSSR count). The van der Waals surface area contributed by atoms with E-state index in [2.05, 4.69) is 36.5 Å². The van der Waals surface area contributed by atoms with E-state index in [-0.39, 0.29) is 17.2 Å². The zero-order valence-corrected chi connectivity index (χ0v) is 15.0. The third-order valence-corrected chi connectivity index (χ3v) is 7.74. The Morgan fingerprint density at radius 1 is 1.28 bits per heavy atom. The molecule has 0 radical (unpaired) electrons. The standard InChI is InChI=1S/C16H22N6O2S/c1-9-6-10(21-25(23,24)11-2-3-11)7-12(9)16-20-19-14-8-18-15-13(22(14)16)4-5-17-15/h8-12,17,21H,2-7H2,1H3/t9-,10+,12+/m1/s1. The van der Waals surface area contributed by atoms with E-state index in [1.54, 1.807) is 6.20 Å². The van der Waals surface area contributed by atoms with Crippen molar-refractivity contribution in [3.8, 4) is 0 Å². The number of fused-ring (bicyclic) bond motifs is 3. The van der Waals surface area contributed by atoms with Gasteiger partial charge in [-0.2, -0.15) is 0 Å². The number of sulfonamides is 1. The number of hydrogen-bond acceptors (Lipinski definition) is 6. The predicted octanol–water partition coefficient (Wildman–Crippen LogP) is 1.06. The van der Waals surface area contributed by atoms with Crippen molar-refractivity contribution in [2.75, 3.05) is 11.9 Å². The van der Waals surface area contributed by atoms with Gasteiger partial charge in [0, 0.05) is 24.9 Å². The zero-order chi connectivity index (χ0) is 17.2. The molecular weight excluding hydrogens is 340 g/mol. The molecular formula is C16H22N6O2S. The molecule has 2 saturated carbocycles. The topological polar surface area (TPSA) is 101 Å². The van der Waals surface area contributed by atoms with Crippen LogP contribution in [-0.4, -0.2) is 45.8 Å². The van der Waals surface area contributed by atoms with Crippen molar-refractivity contribution in [2.45, 2.75) is 56.2 Å². The summed E-state index contributed by atoms with van der Waals surface area (Å²) >= 11 is 0. The van der Waals surface area contributed by atoms with Crippen molar-refractivity contribution in [3.63, 3.8) is 0 Å². The van der Waals surface area contributed by atoms with Gasteiger partial charge in [0.1, 0.15) is 11.6 Å². The number of nitrogens with zero attached hydrogens (tertiary/aromatic N) is 4. The van der Waals surface area contributed by atoms with Crippen LogP contribution in [0.25, 0.3) is 5.65 Å². The van der Waals surface area contributed by atoms with E-state index in [0.29, 0.717) is 5.92 Å². The SMILES string of the molecule is C[C@@H]1C[C@H](NS(=O)(=O)C2CC2)C[C@@H]1c1nnc2cnc3c(n12)CCN3. The molecule has 2 fully saturated rings. The maximum Gasteiger partial charge on any atom is 0.214 e. The molecule has 2 aliphatic carbocycles. The second-order valence-corrected chi connectivity index (χ2v) is 9.59. The zero-order valence-electron chi connectivity index (χ0n) is 14.1. The Morgan fingerprint density at radius 2 is 2.12 bits per heavy atom. The molecule has 1 aliphatic heterocycles. The Kier molecular flexibility index (Phi) is 3.34. The Labute approximate surface area is 146 Å². The summed E-state index contributed by atoms with van der Waals surface area (Å²) in [5, 5.41) is 11.9. The van der Waals surface area contributed by atoms with Gasteiger partial charge in [-0.25, -0.2) is 18.1 Å². The Morgan fingerprint density at radius 3 is 2.92 bits per heavy atom. The smallest absolute Gasteiger partial charge is 0.214 e. The minimum absolute atomic E-state index is 0.00837. The molecule has 25 heavy (non-hydrogen) atoms. The average Bonchev–Trinajstić information content (AvgIpc) is 3.03. The number of rotatable bonds is 4. The van der Waals surface area contributed by atoms with E-state index in [4.69, 9.17) is 0 Å². The van der Waals surface area contributed by atoms with Gasteiger partial charge >= 0.3 is 0 Å². The van der Waals surface area contributed by atoms with Crippen LogP contribution in [0.2, 0.25) is 0 Å². The molecule has 0 saturated heterocycles. The second kappa shape index (κ2) is 5.38. The lowest BCUT2D eigenvalue weighted by Gasteiger charge is -2.15. The van der Waals surface area contributed by atoms with Crippen LogP contribution in [0.3, 0.4) is 0 Å².